The monoisotopic (exact) mass is 364 g/mol. The molecule has 2 atom stereocenters. The molecule has 1 saturated heterocycles. The predicted molar refractivity (Wildman–Crippen MR) is 98.6 cm³/mol. The Morgan fingerprint density at radius 2 is 2.32 bits per heavy atom. The minimum atomic E-state index is -1.55. The van der Waals surface area contributed by atoms with Crippen LogP contribution < -0.4 is 15.2 Å². The van der Waals surface area contributed by atoms with Gasteiger partial charge >= 0.3 is 0 Å². The number of anilines is 1. The highest BCUT2D eigenvalue weighted by molar-refractivity contribution is 7.85. The molecule has 0 aromatic heterocycles. The molecule has 3 rings (SSSR count). The summed E-state index contributed by atoms with van der Waals surface area (Å²) in [7, 11) is 0. The minimum absolute atomic E-state index is 0.0174. The molecular weight excluding hydrogens is 340 g/mol. The number of ether oxygens (including phenoxy) is 1. The number of likely N-dealkylation sites (tertiary alicyclic amines) is 1. The summed E-state index contributed by atoms with van der Waals surface area (Å²) in [5.41, 5.74) is 7.23. The standard InChI is InChI=1S/C17H24N4O3S/c1-11(2)17(22)21-8-4-5-12(9-21)10-24-14-7-3-6-13-15(14)16(18)20-25(23)19-13/h3,6-7,11-12,19H,4-5,8-10H2,1-2H3,(H2,18,20)/t12-,25?/m0/s1. The van der Waals surface area contributed by atoms with Crippen molar-refractivity contribution in [2.75, 3.05) is 24.4 Å². The topological polar surface area (TPSA) is 97.0 Å². The first-order valence-electron chi connectivity index (χ1n) is 8.53. The number of amides is 1. The molecular formula is C17H24N4O3S. The molecule has 0 saturated carbocycles. The van der Waals surface area contributed by atoms with E-state index in [1.165, 1.54) is 0 Å². The largest absolute Gasteiger partial charge is 0.492 e. The SMILES string of the molecule is CC(C)C(=O)N1CCC[C@H](COc2cccc3c2C(N)=NS(=O)N3)C1. The van der Waals surface area contributed by atoms with E-state index in [1.54, 1.807) is 6.07 Å². The van der Waals surface area contributed by atoms with Crippen molar-refractivity contribution in [1.29, 1.82) is 0 Å². The first kappa shape index (κ1) is 17.7. The van der Waals surface area contributed by atoms with Gasteiger partial charge in [-0.05, 0) is 25.0 Å². The zero-order valence-corrected chi connectivity index (χ0v) is 15.3. The molecule has 136 valence electrons. The summed E-state index contributed by atoms with van der Waals surface area (Å²) in [6.45, 7) is 5.91. The van der Waals surface area contributed by atoms with E-state index < -0.39 is 11.2 Å². The van der Waals surface area contributed by atoms with Gasteiger partial charge in [0.05, 0.1) is 17.9 Å². The van der Waals surface area contributed by atoms with Gasteiger partial charge in [0.25, 0.3) is 0 Å². The van der Waals surface area contributed by atoms with Crippen LogP contribution in [0.4, 0.5) is 5.69 Å². The Morgan fingerprint density at radius 1 is 1.52 bits per heavy atom. The van der Waals surface area contributed by atoms with Gasteiger partial charge in [0.1, 0.15) is 11.6 Å². The van der Waals surface area contributed by atoms with Gasteiger partial charge in [-0.2, -0.15) is 4.40 Å². The Kier molecular flexibility index (Phi) is 5.27. The lowest BCUT2D eigenvalue weighted by molar-refractivity contribution is -0.136. The number of rotatable bonds is 4. The number of hydrogen-bond donors (Lipinski definition) is 2. The van der Waals surface area contributed by atoms with E-state index in [0.29, 0.717) is 23.6 Å². The van der Waals surface area contributed by atoms with Gasteiger partial charge in [0.2, 0.25) is 17.1 Å². The summed E-state index contributed by atoms with van der Waals surface area (Å²) >= 11 is -1.55. The second-order valence-corrected chi connectivity index (χ2v) is 7.65. The normalized spacial score (nSPS) is 22.8. The molecule has 1 aromatic carbocycles. The second-order valence-electron chi connectivity index (χ2n) is 6.76. The smallest absolute Gasteiger partial charge is 0.245 e. The Hall–Kier alpha value is -2.09. The Bertz CT molecular complexity index is 720. The van der Waals surface area contributed by atoms with E-state index in [9.17, 15) is 9.00 Å². The van der Waals surface area contributed by atoms with Crippen molar-refractivity contribution >= 4 is 28.6 Å². The van der Waals surface area contributed by atoms with Gasteiger partial charge in [-0.1, -0.05) is 19.9 Å². The lowest BCUT2D eigenvalue weighted by atomic mass is 9.97. The molecule has 1 unspecified atom stereocenters. The molecule has 7 nitrogen and oxygen atoms in total. The quantitative estimate of drug-likeness (QED) is 0.849. The maximum atomic E-state index is 12.2. The third-order valence-corrected chi connectivity index (χ3v) is 5.22. The average Bonchev–Trinajstić information content (AvgIpc) is 2.58. The fraction of sp³-hybridized carbons (Fsp3) is 0.529. The molecule has 2 aliphatic heterocycles. The summed E-state index contributed by atoms with van der Waals surface area (Å²) in [6.07, 6.45) is 2.02. The molecule has 1 aromatic rings. The molecule has 8 heteroatoms. The first-order chi connectivity index (χ1) is 12.0. The fourth-order valence-corrected chi connectivity index (χ4v) is 3.90. The van der Waals surface area contributed by atoms with Gasteiger partial charge in [-0.3, -0.25) is 9.52 Å². The van der Waals surface area contributed by atoms with Crippen molar-refractivity contribution in [3.05, 3.63) is 23.8 Å². The van der Waals surface area contributed by atoms with Crippen LogP contribution in [0.3, 0.4) is 0 Å². The third kappa shape index (κ3) is 3.95. The van der Waals surface area contributed by atoms with Crippen LogP contribution in [0.5, 0.6) is 5.75 Å². The number of benzene rings is 1. The van der Waals surface area contributed by atoms with Crippen LogP contribution in [0.25, 0.3) is 0 Å². The van der Waals surface area contributed by atoms with E-state index in [-0.39, 0.29) is 23.6 Å². The summed E-state index contributed by atoms with van der Waals surface area (Å²) < 4.78 is 24.2. The van der Waals surface area contributed by atoms with E-state index in [0.717, 1.165) is 25.9 Å². The summed E-state index contributed by atoms with van der Waals surface area (Å²) in [5, 5.41) is 0. The van der Waals surface area contributed by atoms with Crippen LogP contribution in [-0.2, 0) is 16.0 Å². The third-order valence-electron chi connectivity index (χ3n) is 4.46. The summed E-state index contributed by atoms with van der Waals surface area (Å²) in [6, 6.07) is 5.45. The number of carbonyl (C=O) groups excluding carboxylic acids is 1. The van der Waals surface area contributed by atoms with Crippen LogP contribution in [0.1, 0.15) is 32.3 Å². The molecule has 25 heavy (non-hydrogen) atoms. The van der Waals surface area contributed by atoms with Crippen LogP contribution in [0.15, 0.2) is 22.6 Å². The number of hydrogen-bond acceptors (Lipinski definition) is 4. The van der Waals surface area contributed by atoms with Crippen LogP contribution in [0, 0.1) is 11.8 Å². The summed E-state index contributed by atoms with van der Waals surface area (Å²) in [5.74, 6) is 1.34. The van der Waals surface area contributed by atoms with Crippen LogP contribution in [0.2, 0.25) is 0 Å². The first-order valence-corrected chi connectivity index (χ1v) is 9.64. The van der Waals surface area contributed by atoms with Crippen LogP contribution >= 0.6 is 0 Å². The fourth-order valence-electron chi connectivity index (χ4n) is 3.23. The predicted octanol–water partition coefficient (Wildman–Crippen LogP) is 1.67. The Labute approximate surface area is 150 Å². The van der Waals surface area contributed by atoms with Gasteiger partial charge in [-0.15, -0.1) is 0 Å². The number of amidine groups is 1. The number of nitrogens with zero attached hydrogens (tertiary/aromatic N) is 2. The Balaban J connectivity index is 1.67. The van der Waals surface area contributed by atoms with Crippen LogP contribution in [-0.4, -0.2) is 40.5 Å². The maximum Gasteiger partial charge on any atom is 0.245 e. The van der Waals surface area contributed by atoms with E-state index in [4.69, 9.17) is 10.5 Å². The maximum absolute atomic E-state index is 12.2. The molecule has 0 bridgehead atoms. The highest BCUT2D eigenvalue weighted by Gasteiger charge is 2.26. The molecule has 0 aliphatic carbocycles. The number of fused-ring (bicyclic) bond motifs is 1. The van der Waals surface area contributed by atoms with Crippen molar-refractivity contribution in [2.24, 2.45) is 22.0 Å². The van der Waals surface area contributed by atoms with Crippen molar-refractivity contribution in [3.63, 3.8) is 0 Å². The highest BCUT2D eigenvalue weighted by Crippen LogP contribution is 2.30. The highest BCUT2D eigenvalue weighted by atomic mass is 32.2. The Morgan fingerprint density at radius 3 is 3.08 bits per heavy atom. The molecule has 3 N–H and O–H groups in total. The van der Waals surface area contributed by atoms with Crippen molar-refractivity contribution in [2.45, 2.75) is 26.7 Å². The minimum Gasteiger partial charge on any atom is -0.492 e. The average molecular weight is 364 g/mol. The number of piperidine rings is 1. The number of nitrogens with one attached hydrogen (secondary N) is 1. The van der Waals surface area contributed by atoms with Gasteiger partial charge in [0.15, 0.2) is 0 Å². The van der Waals surface area contributed by atoms with Gasteiger partial charge in [0, 0.05) is 24.9 Å². The van der Waals surface area contributed by atoms with E-state index in [2.05, 4.69) is 9.12 Å². The molecule has 1 amide bonds. The zero-order chi connectivity index (χ0) is 18.0. The van der Waals surface area contributed by atoms with Gasteiger partial charge < -0.3 is 15.4 Å². The van der Waals surface area contributed by atoms with Crippen molar-refractivity contribution in [3.8, 4) is 5.75 Å². The van der Waals surface area contributed by atoms with E-state index >= 15 is 0 Å². The van der Waals surface area contributed by atoms with E-state index in [1.807, 2.05) is 30.9 Å². The number of carbonyl (C=O) groups is 1. The van der Waals surface area contributed by atoms with Crippen molar-refractivity contribution in [1.82, 2.24) is 4.90 Å². The second kappa shape index (κ2) is 7.43. The molecule has 0 radical (unpaired) electrons. The molecule has 1 fully saturated rings. The molecule has 2 aliphatic rings. The lowest BCUT2D eigenvalue weighted by Gasteiger charge is -2.34. The number of nitrogens with two attached hydrogens (primary N) is 1. The lowest BCUT2D eigenvalue weighted by Crippen LogP contribution is -2.43. The molecule has 0 spiro atoms. The molecule has 2 heterocycles. The summed E-state index contributed by atoms with van der Waals surface area (Å²) in [4.78, 5) is 14.1. The van der Waals surface area contributed by atoms with Gasteiger partial charge in [-0.25, -0.2) is 4.21 Å². The zero-order valence-electron chi connectivity index (χ0n) is 14.5. The van der Waals surface area contributed by atoms with Crippen molar-refractivity contribution < 1.29 is 13.7 Å².